The lowest BCUT2D eigenvalue weighted by atomic mass is 9.95. The first-order valence-corrected chi connectivity index (χ1v) is 12.0. The third-order valence-corrected chi connectivity index (χ3v) is 6.86. The molecule has 1 atom stereocenters. The minimum atomic E-state index is -0.858. The van der Waals surface area contributed by atoms with Crippen LogP contribution in [-0.2, 0) is 16.0 Å². The number of carbonyl (C=O) groups is 2. The quantitative estimate of drug-likeness (QED) is 0.300. The van der Waals surface area contributed by atoms with Crippen LogP contribution in [-0.4, -0.2) is 48.4 Å². The van der Waals surface area contributed by atoms with E-state index in [1.807, 2.05) is 24.1 Å². The number of likely N-dealkylation sites (tertiary alicyclic amines) is 1. The van der Waals surface area contributed by atoms with Crippen LogP contribution in [0.2, 0.25) is 5.02 Å². The smallest absolute Gasteiger partial charge is 0.295 e. The normalized spacial score (nSPS) is 18.8. The van der Waals surface area contributed by atoms with Gasteiger partial charge in [0, 0.05) is 24.2 Å². The number of halogens is 2. The molecule has 184 valence electrons. The van der Waals surface area contributed by atoms with Gasteiger partial charge in [-0.1, -0.05) is 35.9 Å². The zero-order chi connectivity index (χ0) is 25.4. The molecule has 5 rings (SSSR count). The third kappa shape index (κ3) is 4.42. The average molecular weight is 507 g/mol. The van der Waals surface area contributed by atoms with Crippen LogP contribution in [0.5, 0.6) is 5.75 Å². The molecule has 36 heavy (non-hydrogen) atoms. The number of likely N-dealkylation sites (N-methyl/N-ethyl adjacent to an activating group) is 1. The van der Waals surface area contributed by atoms with Gasteiger partial charge in [-0.2, -0.15) is 0 Å². The lowest BCUT2D eigenvalue weighted by Gasteiger charge is -2.28. The largest absolute Gasteiger partial charge is 0.507 e. The summed E-state index contributed by atoms with van der Waals surface area (Å²) in [6.45, 7) is 1.46. The van der Waals surface area contributed by atoms with E-state index in [-0.39, 0.29) is 17.9 Å². The Balaban J connectivity index is 1.56. The fraction of sp³-hybridized carbons (Fsp3) is 0.214. The number of amides is 1. The number of nitrogens with zero attached hydrogens (tertiary/aromatic N) is 2. The van der Waals surface area contributed by atoms with Crippen LogP contribution in [0.4, 0.5) is 10.1 Å². The number of Topliss-reactive ketones (excluding diaryl/α,β-unsaturated/α-hetero) is 1. The van der Waals surface area contributed by atoms with Gasteiger partial charge in [0.2, 0.25) is 0 Å². The predicted octanol–water partition coefficient (Wildman–Crippen LogP) is 4.97. The molecular formula is C28H24ClFN2O4. The Kier molecular flexibility index (Phi) is 6.41. The second kappa shape index (κ2) is 9.66. The lowest BCUT2D eigenvalue weighted by Crippen LogP contribution is -2.31. The Morgan fingerprint density at radius 1 is 1.08 bits per heavy atom. The number of aliphatic hydroxyl groups excluding tert-OH is 1. The number of hydrogen-bond acceptors (Lipinski definition) is 5. The summed E-state index contributed by atoms with van der Waals surface area (Å²) in [5.74, 6) is -1.52. The Morgan fingerprint density at radius 2 is 1.81 bits per heavy atom. The van der Waals surface area contributed by atoms with Crippen molar-refractivity contribution in [3.8, 4) is 5.75 Å². The Morgan fingerprint density at radius 3 is 2.53 bits per heavy atom. The van der Waals surface area contributed by atoms with Gasteiger partial charge in [0.15, 0.2) is 0 Å². The van der Waals surface area contributed by atoms with Crippen LogP contribution in [0.15, 0.2) is 72.3 Å². The van der Waals surface area contributed by atoms with E-state index in [1.54, 1.807) is 30.3 Å². The third-order valence-electron chi connectivity index (χ3n) is 6.61. The van der Waals surface area contributed by atoms with Crippen molar-refractivity contribution in [2.75, 3.05) is 31.6 Å². The van der Waals surface area contributed by atoms with Gasteiger partial charge < -0.3 is 19.6 Å². The van der Waals surface area contributed by atoms with Crippen molar-refractivity contribution in [2.45, 2.75) is 12.5 Å². The number of anilines is 1. The van der Waals surface area contributed by atoms with E-state index in [0.717, 1.165) is 11.3 Å². The first kappa shape index (κ1) is 23.9. The molecule has 1 unspecified atom stereocenters. The molecule has 3 aromatic rings. The number of ketones is 1. The number of fused-ring (bicyclic) bond motifs is 1. The van der Waals surface area contributed by atoms with Crippen molar-refractivity contribution >= 4 is 34.7 Å². The highest BCUT2D eigenvalue weighted by Crippen LogP contribution is 2.41. The highest BCUT2D eigenvalue weighted by molar-refractivity contribution is 6.46. The summed E-state index contributed by atoms with van der Waals surface area (Å²) in [7, 11) is 1.92. The summed E-state index contributed by atoms with van der Waals surface area (Å²) >= 11 is 5.98. The Bertz CT molecular complexity index is 1350. The maximum Gasteiger partial charge on any atom is 0.295 e. The van der Waals surface area contributed by atoms with Crippen molar-refractivity contribution in [3.63, 3.8) is 0 Å². The summed E-state index contributed by atoms with van der Waals surface area (Å²) < 4.78 is 19.4. The van der Waals surface area contributed by atoms with Crippen molar-refractivity contribution in [2.24, 2.45) is 0 Å². The molecule has 2 aliphatic heterocycles. The monoisotopic (exact) mass is 506 g/mol. The molecule has 1 amide bonds. The highest BCUT2D eigenvalue weighted by atomic mass is 35.5. The standard InChI is InChI=1S/C28H24ClFN2O4/c1-31-14-15-36-23-11-6-19(16-22(23)31)26(33)24-25(18-4-9-21(30)10-5-18)32(28(35)27(24)34)13-12-17-2-7-20(29)8-3-17/h2-11,16,25,33H,12-15H2,1H3/b26-24-. The van der Waals surface area contributed by atoms with Gasteiger partial charge in [0.05, 0.1) is 23.8 Å². The summed E-state index contributed by atoms with van der Waals surface area (Å²) in [5.41, 5.74) is 2.63. The number of aliphatic hydroxyl groups is 1. The lowest BCUT2D eigenvalue weighted by molar-refractivity contribution is -0.139. The second-order valence-corrected chi connectivity index (χ2v) is 9.31. The van der Waals surface area contributed by atoms with E-state index in [0.29, 0.717) is 41.5 Å². The summed E-state index contributed by atoms with van der Waals surface area (Å²) in [4.78, 5) is 29.9. The molecule has 8 heteroatoms. The maximum absolute atomic E-state index is 13.7. The highest BCUT2D eigenvalue weighted by Gasteiger charge is 2.46. The fourth-order valence-corrected chi connectivity index (χ4v) is 4.78. The van der Waals surface area contributed by atoms with Crippen molar-refractivity contribution < 1.29 is 23.8 Å². The zero-order valence-corrected chi connectivity index (χ0v) is 20.3. The zero-order valence-electron chi connectivity index (χ0n) is 19.6. The molecule has 0 radical (unpaired) electrons. The van der Waals surface area contributed by atoms with Gasteiger partial charge >= 0.3 is 0 Å². The Hall–Kier alpha value is -3.84. The first-order valence-electron chi connectivity index (χ1n) is 11.6. The molecule has 0 spiro atoms. The van der Waals surface area contributed by atoms with Crippen molar-refractivity contribution in [1.29, 1.82) is 0 Å². The Labute approximate surface area is 213 Å². The summed E-state index contributed by atoms with van der Waals surface area (Å²) in [5, 5.41) is 12.0. The molecule has 2 aliphatic rings. The minimum Gasteiger partial charge on any atom is -0.507 e. The van der Waals surface area contributed by atoms with Crippen LogP contribution in [0.1, 0.15) is 22.7 Å². The van der Waals surface area contributed by atoms with Gasteiger partial charge in [-0.25, -0.2) is 4.39 Å². The van der Waals surface area contributed by atoms with Gasteiger partial charge in [-0.15, -0.1) is 0 Å². The fourth-order valence-electron chi connectivity index (χ4n) is 4.66. The van der Waals surface area contributed by atoms with E-state index in [1.165, 1.54) is 29.2 Å². The molecule has 2 heterocycles. The van der Waals surface area contributed by atoms with Gasteiger partial charge in [0.25, 0.3) is 11.7 Å². The van der Waals surface area contributed by atoms with Crippen LogP contribution >= 0.6 is 11.6 Å². The molecule has 0 aromatic heterocycles. The van der Waals surface area contributed by atoms with Crippen LogP contribution < -0.4 is 9.64 Å². The number of ether oxygens (including phenoxy) is 1. The van der Waals surface area contributed by atoms with Crippen molar-refractivity contribution in [3.05, 3.63) is 99.8 Å². The first-order chi connectivity index (χ1) is 17.3. The van der Waals surface area contributed by atoms with E-state index in [9.17, 15) is 19.1 Å². The van der Waals surface area contributed by atoms with Crippen LogP contribution in [0.25, 0.3) is 5.76 Å². The number of benzene rings is 3. The van der Waals surface area contributed by atoms with Gasteiger partial charge in [-0.3, -0.25) is 9.59 Å². The minimum absolute atomic E-state index is 0.0259. The molecule has 6 nitrogen and oxygen atoms in total. The van der Waals surface area contributed by atoms with Gasteiger partial charge in [-0.05, 0) is 60.0 Å². The molecule has 1 saturated heterocycles. The molecule has 1 N–H and O–H groups in total. The molecule has 1 fully saturated rings. The molecular weight excluding hydrogens is 483 g/mol. The topological polar surface area (TPSA) is 70.1 Å². The van der Waals surface area contributed by atoms with E-state index >= 15 is 0 Å². The predicted molar refractivity (Wildman–Crippen MR) is 136 cm³/mol. The summed E-state index contributed by atoms with van der Waals surface area (Å²) in [6, 6.07) is 17.1. The van der Waals surface area contributed by atoms with Crippen molar-refractivity contribution in [1.82, 2.24) is 4.90 Å². The number of carbonyl (C=O) groups excluding carboxylic acids is 2. The van der Waals surface area contributed by atoms with Gasteiger partial charge in [0.1, 0.15) is 23.9 Å². The van der Waals surface area contributed by atoms with E-state index < -0.39 is 23.5 Å². The summed E-state index contributed by atoms with van der Waals surface area (Å²) in [6.07, 6.45) is 0.475. The number of hydrogen-bond donors (Lipinski definition) is 1. The van der Waals surface area contributed by atoms with E-state index in [2.05, 4.69) is 0 Å². The molecule has 0 saturated carbocycles. The SMILES string of the molecule is CN1CCOc2ccc(/C(O)=C3/C(=O)C(=O)N(CCc4ccc(Cl)cc4)C3c3ccc(F)cc3)cc21. The van der Waals surface area contributed by atoms with E-state index in [4.69, 9.17) is 16.3 Å². The molecule has 3 aromatic carbocycles. The number of rotatable bonds is 5. The van der Waals surface area contributed by atoms with Crippen LogP contribution in [0, 0.1) is 5.82 Å². The average Bonchev–Trinajstić information content (AvgIpc) is 3.13. The molecule has 0 bridgehead atoms. The second-order valence-electron chi connectivity index (χ2n) is 8.87. The van der Waals surface area contributed by atoms with Crippen LogP contribution in [0.3, 0.4) is 0 Å². The molecule has 0 aliphatic carbocycles. The maximum atomic E-state index is 13.7.